The second-order valence-corrected chi connectivity index (χ2v) is 10.8. The number of hydrogen-bond donors (Lipinski definition) is 1. The van der Waals surface area contributed by atoms with E-state index in [1.165, 1.54) is 4.57 Å². The highest BCUT2D eigenvalue weighted by molar-refractivity contribution is 5.80. The van der Waals surface area contributed by atoms with Crippen molar-refractivity contribution in [2.24, 2.45) is 0 Å². The number of nitrogens with zero attached hydrogens (tertiary/aromatic N) is 4. The summed E-state index contributed by atoms with van der Waals surface area (Å²) in [5.74, 6) is -0.940. The number of amides is 1. The van der Waals surface area contributed by atoms with Crippen LogP contribution in [0.4, 0.5) is 17.6 Å². The predicted molar refractivity (Wildman–Crippen MR) is 165 cm³/mol. The maximum Gasteiger partial charge on any atom is 0.419 e. The zero-order valence-electron chi connectivity index (χ0n) is 25.7. The third-order valence-electron chi connectivity index (χ3n) is 7.35. The van der Waals surface area contributed by atoms with Crippen LogP contribution < -0.4 is 15.6 Å². The van der Waals surface area contributed by atoms with Gasteiger partial charge in [-0.2, -0.15) is 13.2 Å². The number of likely N-dealkylation sites (N-methyl/N-ethyl adjacent to an activating group) is 1. The molecule has 0 spiro atoms. The monoisotopic (exact) mass is 627 g/mol. The molecule has 1 heterocycles. The maximum absolute atomic E-state index is 14.4. The van der Waals surface area contributed by atoms with Gasteiger partial charge >= 0.3 is 6.18 Å². The standard InChI is InChI=1S/C33H37F4N5O3/c1-5-45-24-13-11-23(12-14-24)42-31(39-28-9-7-6-8-25(28)32(42)44)29(16-17-38-2)41(19-18-40(3)4)30(43)21-22-10-15-26(27(34)20-22)33(35,36)37/h6-15,20,29,38H,5,16-19,21H2,1-4H3. The Morgan fingerprint density at radius 1 is 1.04 bits per heavy atom. The van der Waals surface area contributed by atoms with Gasteiger partial charge in [0.15, 0.2) is 0 Å². The van der Waals surface area contributed by atoms with Crippen molar-refractivity contribution in [3.05, 3.63) is 99.9 Å². The molecule has 1 aromatic heterocycles. The minimum absolute atomic E-state index is 0.100. The largest absolute Gasteiger partial charge is 0.494 e. The fourth-order valence-corrected chi connectivity index (χ4v) is 5.12. The fourth-order valence-electron chi connectivity index (χ4n) is 5.12. The van der Waals surface area contributed by atoms with E-state index in [1.54, 1.807) is 60.5 Å². The van der Waals surface area contributed by atoms with Gasteiger partial charge in [-0.05, 0) is 95.1 Å². The summed E-state index contributed by atoms with van der Waals surface area (Å²) in [5.41, 5.74) is -0.633. The van der Waals surface area contributed by atoms with Crippen LogP contribution in [-0.4, -0.2) is 72.6 Å². The molecule has 0 saturated carbocycles. The molecule has 4 aromatic rings. The summed E-state index contributed by atoms with van der Waals surface area (Å²) in [4.78, 5) is 36.5. The van der Waals surface area contributed by atoms with Gasteiger partial charge < -0.3 is 19.9 Å². The highest BCUT2D eigenvalue weighted by Crippen LogP contribution is 2.32. The molecule has 240 valence electrons. The minimum atomic E-state index is -4.85. The molecule has 1 atom stereocenters. The van der Waals surface area contributed by atoms with Crippen molar-refractivity contribution < 1.29 is 27.1 Å². The lowest BCUT2D eigenvalue weighted by atomic mass is 10.0. The molecule has 3 aromatic carbocycles. The van der Waals surface area contributed by atoms with Crippen molar-refractivity contribution in [2.75, 3.05) is 47.4 Å². The van der Waals surface area contributed by atoms with Crippen LogP contribution >= 0.6 is 0 Å². The van der Waals surface area contributed by atoms with Crippen LogP contribution in [0, 0.1) is 5.82 Å². The predicted octanol–water partition coefficient (Wildman–Crippen LogP) is 5.23. The third kappa shape index (κ3) is 8.06. The molecule has 1 unspecified atom stereocenters. The number of aromatic nitrogens is 2. The highest BCUT2D eigenvalue weighted by atomic mass is 19.4. The zero-order valence-corrected chi connectivity index (χ0v) is 25.7. The molecule has 0 aliphatic rings. The van der Waals surface area contributed by atoms with Crippen LogP contribution in [-0.2, 0) is 17.4 Å². The van der Waals surface area contributed by atoms with E-state index in [2.05, 4.69) is 5.32 Å². The van der Waals surface area contributed by atoms with Gasteiger partial charge in [0.05, 0.1) is 41.2 Å². The maximum atomic E-state index is 14.4. The van der Waals surface area contributed by atoms with E-state index in [-0.39, 0.29) is 24.1 Å². The van der Waals surface area contributed by atoms with Crippen LogP contribution in [0.5, 0.6) is 5.75 Å². The van der Waals surface area contributed by atoms with E-state index in [4.69, 9.17) is 9.72 Å². The summed E-state index contributed by atoms with van der Waals surface area (Å²) in [6.45, 7) is 3.46. The Labute approximate surface area is 259 Å². The van der Waals surface area contributed by atoms with Crippen LogP contribution in [0.3, 0.4) is 0 Å². The quantitative estimate of drug-likeness (QED) is 0.205. The number of nitrogens with one attached hydrogen (secondary N) is 1. The summed E-state index contributed by atoms with van der Waals surface area (Å²) in [5, 5.41) is 3.50. The van der Waals surface area contributed by atoms with Gasteiger partial charge in [-0.3, -0.25) is 14.2 Å². The van der Waals surface area contributed by atoms with Crippen molar-refractivity contribution in [2.45, 2.75) is 32.0 Å². The number of para-hydroxylation sites is 1. The van der Waals surface area contributed by atoms with Crippen molar-refractivity contribution in [1.29, 1.82) is 0 Å². The number of ether oxygens (including phenoxy) is 1. The van der Waals surface area contributed by atoms with Crippen molar-refractivity contribution >= 4 is 16.8 Å². The second kappa shape index (κ2) is 14.7. The first-order chi connectivity index (χ1) is 21.4. The Morgan fingerprint density at radius 3 is 2.38 bits per heavy atom. The number of benzene rings is 3. The number of halogens is 4. The van der Waals surface area contributed by atoms with Gasteiger partial charge in [0, 0.05) is 13.1 Å². The van der Waals surface area contributed by atoms with Crippen molar-refractivity contribution in [3.8, 4) is 11.4 Å². The lowest BCUT2D eigenvalue weighted by Gasteiger charge is -2.34. The van der Waals surface area contributed by atoms with Gasteiger partial charge in [0.25, 0.3) is 5.56 Å². The second-order valence-electron chi connectivity index (χ2n) is 10.8. The number of rotatable bonds is 13. The smallest absolute Gasteiger partial charge is 0.419 e. The van der Waals surface area contributed by atoms with E-state index in [1.807, 2.05) is 25.9 Å². The molecular weight excluding hydrogens is 590 g/mol. The van der Waals surface area contributed by atoms with E-state index >= 15 is 0 Å². The molecule has 0 aliphatic carbocycles. The Morgan fingerprint density at radius 2 is 1.76 bits per heavy atom. The van der Waals surface area contributed by atoms with Crippen LogP contribution in [0.2, 0.25) is 0 Å². The summed E-state index contributed by atoms with van der Waals surface area (Å²) in [7, 11) is 5.46. The summed E-state index contributed by atoms with van der Waals surface area (Å²) in [6, 6.07) is 15.7. The lowest BCUT2D eigenvalue weighted by molar-refractivity contribution is -0.140. The minimum Gasteiger partial charge on any atom is -0.494 e. The molecule has 0 aliphatic heterocycles. The van der Waals surface area contributed by atoms with E-state index in [0.29, 0.717) is 60.3 Å². The summed E-state index contributed by atoms with van der Waals surface area (Å²) in [6.07, 6.45) is -4.84. The van der Waals surface area contributed by atoms with Crippen molar-refractivity contribution in [3.63, 3.8) is 0 Å². The molecular formula is C33H37F4N5O3. The molecule has 0 radical (unpaired) electrons. The molecule has 4 rings (SSSR count). The average molecular weight is 628 g/mol. The SMILES string of the molecule is CCOc1ccc(-n2c(C(CCNC)N(CCN(C)C)C(=O)Cc3ccc(C(F)(F)F)c(F)c3)nc3ccccc3c2=O)cc1. The average Bonchev–Trinajstić information content (AvgIpc) is 2.98. The van der Waals surface area contributed by atoms with Gasteiger partial charge in [-0.15, -0.1) is 0 Å². The van der Waals surface area contributed by atoms with Crippen LogP contribution in [0.25, 0.3) is 16.6 Å². The Bertz CT molecular complexity index is 1670. The van der Waals surface area contributed by atoms with Crippen molar-refractivity contribution in [1.82, 2.24) is 24.7 Å². The molecule has 0 saturated heterocycles. The number of fused-ring (bicyclic) bond motifs is 1. The van der Waals surface area contributed by atoms with Crippen LogP contribution in [0.1, 0.15) is 36.3 Å². The molecule has 45 heavy (non-hydrogen) atoms. The third-order valence-corrected chi connectivity index (χ3v) is 7.35. The van der Waals surface area contributed by atoms with E-state index < -0.39 is 29.5 Å². The molecule has 8 nitrogen and oxygen atoms in total. The molecule has 1 N–H and O–H groups in total. The number of alkyl halides is 3. The van der Waals surface area contributed by atoms with Gasteiger partial charge in [-0.25, -0.2) is 9.37 Å². The summed E-state index contributed by atoms with van der Waals surface area (Å²) < 4.78 is 61.0. The fraction of sp³-hybridized carbons (Fsp3) is 0.364. The zero-order chi connectivity index (χ0) is 32.7. The number of carbonyl (C=O) groups is 1. The Hall–Kier alpha value is -4.29. The van der Waals surface area contributed by atoms with E-state index in [0.717, 1.165) is 12.1 Å². The highest BCUT2D eigenvalue weighted by Gasteiger charge is 2.35. The van der Waals surface area contributed by atoms with Gasteiger partial charge in [0.2, 0.25) is 5.91 Å². The molecule has 0 fully saturated rings. The first-order valence-electron chi connectivity index (χ1n) is 14.6. The van der Waals surface area contributed by atoms with E-state index in [9.17, 15) is 27.2 Å². The normalized spacial score (nSPS) is 12.5. The first-order valence-corrected chi connectivity index (χ1v) is 14.6. The van der Waals surface area contributed by atoms with Gasteiger partial charge in [0.1, 0.15) is 17.4 Å². The van der Waals surface area contributed by atoms with Crippen LogP contribution in [0.15, 0.2) is 71.5 Å². The summed E-state index contributed by atoms with van der Waals surface area (Å²) >= 11 is 0. The molecule has 12 heteroatoms. The lowest BCUT2D eigenvalue weighted by Crippen LogP contribution is -2.43. The Kier molecular flexibility index (Phi) is 10.9. The number of carbonyl (C=O) groups excluding carboxylic acids is 1. The van der Waals surface area contributed by atoms with Gasteiger partial charge in [-0.1, -0.05) is 18.2 Å². The number of hydrogen-bond acceptors (Lipinski definition) is 6. The molecule has 1 amide bonds. The molecule has 0 bridgehead atoms. The topological polar surface area (TPSA) is 79.7 Å². The Balaban J connectivity index is 1.86. The first kappa shape index (κ1) is 33.6.